The molecule has 0 spiro atoms. The van der Waals surface area contributed by atoms with Gasteiger partial charge in [-0.15, -0.1) is 0 Å². The summed E-state index contributed by atoms with van der Waals surface area (Å²) in [6.07, 6.45) is 11.0. The van der Waals surface area contributed by atoms with Crippen molar-refractivity contribution in [3.05, 3.63) is 0 Å². The maximum absolute atomic E-state index is 11.6. The van der Waals surface area contributed by atoms with Crippen LogP contribution in [0.4, 0.5) is 0 Å². The van der Waals surface area contributed by atoms with Gasteiger partial charge in [-0.05, 0) is 131 Å². The summed E-state index contributed by atoms with van der Waals surface area (Å²) >= 11 is 0. The predicted molar refractivity (Wildman–Crippen MR) is 139 cm³/mol. The number of aliphatic hydroxyl groups is 2. The third-order valence-electron chi connectivity index (χ3n) is 12.7. The van der Waals surface area contributed by atoms with Gasteiger partial charge in [0.15, 0.2) is 0 Å². The van der Waals surface area contributed by atoms with Crippen LogP contribution in [0.2, 0.25) is 0 Å². The van der Waals surface area contributed by atoms with Crippen molar-refractivity contribution in [2.75, 3.05) is 27.7 Å². The monoisotopic (exact) mass is 474 g/mol. The van der Waals surface area contributed by atoms with Gasteiger partial charge in [0.2, 0.25) is 0 Å². The Morgan fingerprint density at radius 3 is 2.26 bits per heavy atom. The summed E-state index contributed by atoms with van der Waals surface area (Å²) in [5, 5.41) is 22.7. The Hall–Kier alpha value is -0.160. The van der Waals surface area contributed by atoms with Gasteiger partial charge in [-0.2, -0.15) is 0 Å². The molecule has 0 bridgehead atoms. The van der Waals surface area contributed by atoms with Crippen molar-refractivity contribution < 1.29 is 10.2 Å². The third-order valence-corrected chi connectivity index (χ3v) is 12.7. The second-order valence-electron chi connectivity index (χ2n) is 14.6. The van der Waals surface area contributed by atoms with E-state index in [1.54, 1.807) is 0 Å². The largest absolute Gasteiger partial charge is 0.393 e. The molecule has 34 heavy (non-hydrogen) atoms. The molecule has 1 saturated heterocycles. The topological polar surface area (TPSA) is 46.9 Å². The van der Waals surface area contributed by atoms with E-state index in [0.717, 1.165) is 43.2 Å². The van der Waals surface area contributed by atoms with Gasteiger partial charge in [0.25, 0.3) is 0 Å². The van der Waals surface area contributed by atoms with Gasteiger partial charge in [-0.3, -0.25) is 0 Å². The van der Waals surface area contributed by atoms with Crippen molar-refractivity contribution >= 4 is 0 Å². The average molecular weight is 475 g/mol. The van der Waals surface area contributed by atoms with Crippen LogP contribution in [0.3, 0.4) is 0 Å². The molecule has 5 rings (SSSR count). The number of fused-ring (bicyclic) bond motifs is 5. The molecule has 0 amide bonds. The molecule has 5 fully saturated rings. The predicted octanol–water partition coefficient (Wildman–Crippen LogP) is 4.88. The van der Waals surface area contributed by atoms with Gasteiger partial charge >= 0.3 is 0 Å². The Labute approximate surface area is 209 Å². The molecule has 4 nitrogen and oxygen atoms in total. The fourth-order valence-corrected chi connectivity index (χ4v) is 11.2. The molecule has 0 aromatic heterocycles. The van der Waals surface area contributed by atoms with E-state index in [1.165, 1.54) is 44.9 Å². The number of hydrogen-bond acceptors (Lipinski definition) is 4. The molecule has 4 heteroatoms. The highest BCUT2D eigenvalue weighted by atomic mass is 16.3. The summed E-state index contributed by atoms with van der Waals surface area (Å²) in [5.74, 6) is 4.36. The second kappa shape index (κ2) is 8.99. The number of rotatable bonds is 3. The molecule has 4 aliphatic carbocycles. The molecule has 0 unspecified atom stereocenters. The standard InChI is InChI=1S/C30H54N2O2/c1-18-14-26(34)28(32(7)17-18)19(2)27-25(33)16-24-22-9-8-20-15-21(31(5)6)10-12-29(20,3)23(22)11-13-30(24,27)4/h18-28,33-34H,8-17H2,1-7H3/t18-,19+,20+,21+,22-,23+,24+,25-,26+,27+,28+,29+,30+/m1/s1. The quantitative estimate of drug-likeness (QED) is 0.612. The van der Waals surface area contributed by atoms with E-state index in [4.69, 9.17) is 0 Å². The van der Waals surface area contributed by atoms with Gasteiger partial charge in [0.1, 0.15) is 0 Å². The summed E-state index contributed by atoms with van der Waals surface area (Å²) < 4.78 is 0. The van der Waals surface area contributed by atoms with Crippen molar-refractivity contribution in [3.8, 4) is 0 Å². The number of aliphatic hydroxyl groups excluding tert-OH is 2. The average Bonchev–Trinajstić information content (AvgIpc) is 3.02. The minimum Gasteiger partial charge on any atom is -0.393 e. The van der Waals surface area contributed by atoms with Crippen LogP contribution in [-0.4, -0.2) is 72.0 Å². The molecule has 13 atom stereocenters. The maximum atomic E-state index is 11.6. The molecule has 0 radical (unpaired) electrons. The Morgan fingerprint density at radius 1 is 0.882 bits per heavy atom. The number of hydrogen-bond donors (Lipinski definition) is 2. The Bertz CT molecular complexity index is 731. The zero-order chi connectivity index (χ0) is 24.6. The minimum absolute atomic E-state index is 0.179. The maximum Gasteiger partial charge on any atom is 0.0701 e. The van der Waals surface area contributed by atoms with Gasteiger partial charge in [0.05, 0.1) is 12.2 Å². The van der Waals surface area contributed by atoms with E-state index in [9.17, 15) is 10.2 Å². The normalized spacial score (nSPS) is 54.9. The molecule has 0 aromatic rings. The van der Waals surface area contributed by atoms with Crippen molar-refractivity contribution in [3.63, 3.8) is 0 Å². The minimum atomic E-state index is -0.267. The van der Waals surface area contributed by atoms with E-state index in [1.807, 2.05) is 0 Å². The van der Waals surface area contributed by atoms with Crippen molar-refractivity contribution in [2.45, 2.75) is 110 Å². The molecule has 2 N–H and O–H groups in total. The van der Waals surface area contributed by atoms with Crippen molar-refractivity contribution in [2.24, 2.45) is 52.3 Å². The smallest absolute Gasteiger partial charge is 0.0701 e. The summed E-state index contributed by atoms with van der Waals surface area (Å²) in [6.45, 7) is 10.9. The Balaban J connectivity index is 1.37. The highest BCUT2D eigenvalue weighted by Crippen LogP contribution is 2.68. The number of piperidine rings is 1. The van der Waals surface area contributed by atoms with E-state index < -0.39 is 0 Å². The molecular formula is C30H54N2O2. The molecule has 1 aliphatic heterocycles. The first-order valence-electron chi connectivity index (χ1n) is 14.7. The first kappa shape index (κ1) is 25.5. The van der Waals surface area contributed by atoms with Crippen LogP contribution >= 0.6 is 0 Å². The Kier molecular flexibility index (Phi) is 6.74. The number of nitrogens with zero attached hydrogens (tertiary/aromatic N) is 2. The fourth-order valence-electron chi connectivity index (χ4n) is 11.2. The summed E-state index contributed by atoms with van der Waals surface area (Å²) in [7, 11) is 6.74. The van der Waals surface area contributed by atoms with E-state index >= 15 is 0 Å². The van der Waals surface area contributed by atoms with E-state index in [-0.39, 0.29) is 23.7 Å². The Morgan fingerprint density at radius 2 is 1.59 bits per heavy atom. The first-order chi connectivity index (χ1) is 16.0. The van der Waals surface area contributed by atoms with Crippen molar-refractivity contribution in [1.82, 2.24) is 9.80 Å². The lowest BCUT2D eigenvalue weighted by Gasteiger charge is -2.62. The van der Waals surface area contributed by atoms with Gasteiger partial charge in [-0.1, -0.05) is 27.7 Å². The molecule has 196 valence electrons. The van der Waals surface area contributed by atoms with Crippen molar-refractivity contribution in [1.29, 1.82) is 0 Å². The summed E-state index contributed by atoms with van der Waals surface area (Å²) in [5.41, 5.74) is 0.717. The van der Waals surface area contributed by atoms with Gasteiger partial charge < -0.3 is 20.0 Å². The van der Waals surface area contributed by atoms with Crippen LogP contribution in [0.5, 0.6) is 0 Å². The lowest BCUT2D eigenvalue weighted by atomic mass is 9.44. The van der Waals surface area contributed by atoms with Crippen LogP contribution in [0.15, 0.2) is 0 Å². The van der Waals surface area contributed by atoms with Crippen LogP contribution in [0.1, 0.15) is 85.5 Å². The van der Waals surface area contributed by atoms with E-state index in [2.05, 4.69) is 58.6 Å². The van der Waals surface area contributed by atoms with Crippen LogP contribution in [0, 0.1) is 52.3 Å². The molecule has 0 aromatic carbocycles. The number of likely N-dealkylation sites (N-methyl/N-ethyl adjacent to an activating group) is 1. The molecule has 5 aliphatic rings. The zero-order valence-electron chi connectivity index (χ0n) is 23.2. The molecule has 4 saturated carbocycles. The van der Waals surface area contributed by atoms with Crippen LogP contribution in [-0.2, 0) is 0 Å². The van der Waals surface area contributed by atoms with Gasteiger partial charge in [-0.25, -0.2) is 0 Å². The lowest BCUT2D eigenvalue weighted by Crippen LogP contribution is -2.58. The third kappa shape index (κ3) is 3.84. The summed E-state index contributed by atoms with van der Waals surface area (Å²) in [6, 6.07) is 0.947. The molecule has 1 heterocycles. The first-order valence-corrected chi connectivity index (χ1v) is 14.7. The zero-order valence-corrected chi connectivity index (χ0v) is 23.2. The highest BCUT2D eigenvalue weighted by Gasteiger charge is 2.63. The fraction of sp³-hybridized carbons (Fsp3) is 1.00. The molecular weight excluding hydrogens is 420 g/mol. The van der Waals surface area contributed by atoms with E-state index in [0.29, 0.717) is 29.1 Å². The second-order valence-corrected chi connectivity index (χ2v) is 14.6. The van der Waals surface area contributed by atoms with Crippen LogP contribution in [0.25, 0.3) is 0 Å². The highest BCUT2D eigenvalue weighted by molar-refractivity contribution is 5.13. The lowest BCUT2D eigenvalue weighted by molar-refractivity contribution is -0.130. The van der Waals surface area contributed by atoms with Crippen LogP contribution < -0.4 is 0 Å². The number of likely N-dealkylation sites (tertiary alicyclic amines) is 1. The SMILES string of the molecule is C[C@@H]1C[C@H](O)[C@H]([C@@H](C)[C@H]2[C@H](O)C[C@H]3[C@@H]4CC[C@H]5C[C@@H](N(C)C)CC[C@]5(C)[C@H]4CC[C@]23C)N(C)C1. The summed E-state index contributed by atoms with van der Waals surface area (Å²) in [4.78, 5) is 4.88. The van der Waals surface area contributed by atoms with Gasteiger partial charge in [0, 0.05) is 18.6 Å².